The zero-order chi connectivity index (χ0) is 13.0. The van der Waals surface area contributed by atoms with Crippen LogP contribution in [0.15, 0.2) is 24.3 Å². The van der Waals surface area contributed by atoms with E-state index < -0.39 is 11.9 Å². The highest BCUT2D eigenvalue weighted by molar-refractivity contribution is 6.36. The first-order valence-electron chi connectivity index (χ1n) is 5.89. The number of nitrogens with one attached hydrogen (secondary N) is 1. The third kappa shape index (κ3) is 3.07. The van der Waals surface area contributed by atoms with E-state index in [1.165, 1.54) is 5.56 Å². The van der Waals surface area contributed by atoms with Gasteiger partial charge in [0, 0.05) is 18.9 Å². The second kappa shape index (κ2) is 5.64. The quantitative estimate of drug-likeness (QED) is 0.781. The van der Waals surface area contributed by atoms with Gasteiger partial charge in [0.2, 0.25) is 0 Å². The van der Waals surface area contributed by atoms with Crippen molar-refractivity contribution in [3.05, 3.63) is 29.8 Å². The van der Waals surface area contributed by atoms with Crippen LogP contribution in [0.5, 0.6) is 0 Å². The molecular weight excluding hydrogens is 234 g/mol. The molecule has 1 aliphatic rings. The van der Waals surface area contributed by atoms with E-state index in [9.17, 15) is 9.59 Å². The van der Waals surface area contributed by atoms with Crippen LogP contribution < -0.4 is 5.32 Å². The van der Waals surface area contributed by atoms with E-state index in [-0.39, 0.29) is 0 Å². The van der Waals surface area contributed by atoms with Crippen LogP contribution in [-0.2, 0) is 14.3 Å². The minimum absolute atomic E-state index is 0.489. The molecular formula is C13H15NO4. The van der Waals surface area contributed by atoms with E-state index in [2.05, 4.69) is 5.32 Å². The van der Waals surface area contributed by atoms with Gasteiger partial charge in [-0.2, -0.15) is 0 Å². The van der Waals surface area contributed by atoms with Crippen LogP contribution in [0.3, 0.4) is 0 Å². The Morgan fingerprint density at radius 2 is 1.78 bits per heavy atom. The molecule has 0 unspecified atom stereocenters. The molecule has 2 N–H and O–H groups in total. The first-order valence-corrected chi connectivity index (χ1v) is 5.89. The van der Waals surface area contributed by atoms with Crippen LogP contribution in [-0.4, -0.2) is 30.2 Å². The molecule has 1 aromatic rings. The van der Waals surface area contributed by atoms with Gasteiger partial charge in [0.25, 0.3) is 0 Å². The summed E-state index contributed by atoms with van der Waals surface area (Å²) in [5, 5.41) is 10.8. The molecule has 0 spiro atoms. The molecule has 0 aliphatic carbocycles. The van der Waals surface area contributed by atoms with Gasteiger partial charge in [-0.3, -0.25) is 4.79 Å². The maximum absolute atomic E-state index is 11.0. The molecule has 1 saturated heterocycles. The molecule has 0 bridgehead atoms. The Bertz CT molecular complexity index is 435. The van der Waals surface area contributed by atoms with Crippen molar-refractivity contribution in [1.82, 2.24) is 0 Å². The van der Waals surface area contributed by atoms with Crippen molar-refractivity contribution in [2.24, 2.45) is 0 Å². The number of amides is 1. The van der Waals surface area contributed by atoms with Gasteiger partial charge in [0.1, 0.15) is 0 Å². The lowest BCUT2D eigenvalue weighted by atomic mass is 9.92. The van der Waals surface area contributed by atoms with Crippen LogP contribution in [0.4, 0.5) is 5.69 Å². The summed E-state index contributed by atoms with van der Waals surface area (Å²) in [6, 6.07) is 7.30. The highest BCUT2D eigenvalue weighted by Gasteiger charge is 2.16. The van der Waals surface area contributed by atoms with Crippen molar-refractivity contribution >= 4 is 17.6 Å². The Morgan fingerprint density at radius 1 is 1.17 bits per heavy atom. The van der Waals surface area contributed by atoms with E-state index in [0.29, 0.717) is 11.6 Å². The van der Waals surface area contributed by atoms with E-state index >= 15 is 0 Å². The monoisotopic (exact) mass is 249 g/mol. The minimum atomic E-state index is -1.48. The molecule has 1 fully saturated rings. The number of anilines is 1. The van der Waals surface area contributed by atoms with Crippen LogP contribution in [0.2, 0.25) is 0 Å². The predicted molar refractivity (Wildman–Crippen MR) is 65.5 cm³/mol. The topological polar surface area (TPSA) is 75.6 Å². The molecule has 0 aromatic heterocycles. The summed E-state index contributed by atoms with van der Waals surface area (Å²) < 4.78 is 5.30. The number of hydrogen-bond donors (Lipinski definition) is 2. The summed E-state index contributed by atoms with van der Waals surface area (Å²) in [6.07, 6.45) is 2.00. The fraction of sp³-hybridized carbons (Fsp3) is 0.385. The molecule has 2 rings (SSSR count). The second-order valence-corrected chi connectivity index (χ2v) is 4.27. The molecule has 1 amide bonds. The number of benzene rings is 1. The maximum atomic E-state index is 11.0. The van der Waals surface area contributed by atoms with Crippen molar-refractivity contribution < 1.29 is 19.4 Å². The van der Waals surface area contributed by atoms with Crippen LogP contribution >= 0.6 is 0 Å². The molecule has 0 atom stereocenters. The van der Waals surface area contributed by atoms with Gasteiger partial charge in [0.05, 0.1) is 0 Å². The Balaban J connectivity index is 2.00. The second-order valence-electron chi connectivity index (χ2n) is 4.27. The first-order chi connectivity index (χ1) is 8.66. The molecule has 5 nitrogen and oxygen atoms in total. The Kier molecular flexibility index (Phi) is 3.94. The van der Waals surface area contributed by atoms with Crippen molar-refractivity contribution in [2.45, 2.75) is 18.8 Å². The Labute approximate surface area is 105 Å². The highest BCUT2D eigenvalue weighted by atomic mass is 16.5. The molecule has 96 valence electrons. The van der Waals surface area contributed by atoms with Crippen molar-refractivity contribution in [3.8, 4) is 0 Å². The van der Waals surface area contributed by atoms with Crippen LogP contribution in [0.1, 0.15) is 24.3 Å². The Hall–Kier alpha value is -1.88. The van der Waals surface area contributed by atoms with Gasteiger partial charge in [-0.1, -0.05) is 12.1 Å². The van der Waals surface area contributed by atoms with Gasteiger partial charge in [-0.15, -0.1) is 0 Å². The number of hydrogen-bond acceptors (Lipinski definition) is 3. The third-order valence-corrected chi connectivity index (χ3v) is 3.06. The highest BCUT2D eigenvalue weighted by Crippen LogP contribution is 2.27. The predicted octanol–water partition coefficient (Wildman–Crippen LogP) is 1.60. The van der Waals surface area contributed by atoms with Crippen molar-refractivity contribution in [3.63, 3.8) is 0 Å². The summed E-state index contributed by atoms with van der Waals surface area (Å²) in [6.45, 7) is 1.56. The number of carbonyl (C=O) groups excluding carboxylic acids is 1. The average molecular weight is 249 g/mol. The summed E-state index contributed by atoms with van der Waals surface area (Å²) in [4.78, 5) is 21.4. The zero-order valence-corrected chi connectivity index (χ0v) is 9.89. The fourth-order valence-electron chi connectivity index (χ4n) is 2.05. The minimum Gasteiger partial charge on any atom is -0.474 e. The van der Waals surface area contributed by atoms with Gasteiger partial charge in [0.15, 0.2) is 0 Å². The van der Waals surface area contributed by atoms with E-state index in [1.54, 1.807) is 12.1 Å². The van der Waals surface area contributed by atoms with Crippen molar-refractivity contribution in [1.29, 1.82) is 0 Å². The molecule has 1 aromatic carbocycles. The van der Waals surface area contributed by atoms with Gasteiger partial charge in [-0.25, -0.2) is 4.79 Å². The van der Waals surface area contributed by atoms with E-state index in [1.807, 2.05) is 12.1 Å². The number of carbonyl (C=O) groups is 2. The molecule has 5 heteroatoms. The molecule has 0 radical (unpaired) electrons. The van der Waals surface area contributed by atoms with Crippen LogP contribution in [0.25, 0.3) is 0 Å². The number of ether oxygens (including phenoxy) is 1. The van der Waals surface area contributed by atoms with Crippen molar-refractivity contribution in [2.75, 3.05) is 18.5 Å². The van der Waals surface area contributed by atoms with Gasteiger partial charge in [-0.05, 0) is 36.5 Å². The first kappa shape index (κ1) is 12.6. The number of carboxylic acids is 1. The summed E-state index contributed by atoms with van der Waals surface area (Å²) >= 11 is 0. The largest absolute Gasteiger partial charge is 0.474 e. The lowest BCUT2D eigenvalue weighted by Gasteiger charge is -2.22. The summed E-state index contributed by atoms with van der Waals surface area (Å²) in [5.74, 6) is -2.01. The van der Waals surface area contributed by atoms with Gasteiger partial charge < -0.3 is 15.2 Å². The van der Waals surface area contributed by atoms with E-state index in [0.717, 1.165) is 26.1 Å². The summed E-state index contributed by atoms with van der Waals surface area (Å²) in [7, 11) is 0. The maximum Gasteiger partial charge on any atom is 0.394 e. The van der Waals surface area contributed by atoms with Gasteiger partial charge >= 0.3 is 11.9 Å². The SMILES string of the molecule is O=C(O)C(=O)Nc1ccc(C2CCOCC2)cc1. The third-order valence-electron chi connectivity index (χ3n) is 3.06. The van der Waals surface area contributed by atoms with Crippen LogP contribution in [0, 0.1) is 0 Å². The average Bonchev–Trinajstić information content (AvgIpc) is 2.40. The fourth-order valence-corrected chi connectivity index (χ4v) is 2.05. The smallest absolute Gasteiger partial charge is 0.394 e. The number of carboxylic acid groups (broad SMARTS) is 1. The Morgan fingerprint density at radius 3 is 2.33 bits per heavy atom. The molecule has 18 heavy (non-hydrogen) atoms. The lowest BCUT2D eigenvalue weighted by Crippen LogP contribution is -2.21. The lowest BCUT2D eigenvalue weighted by molar-refractivity contribution is -0.147. The van der Waals surface area contributed by atoms with E-state index in [4.69, 9.17) is 9.84 Å². The standard InChI is InChI=1S/C13H15NO4/c15-12(13(16)17)14-11-3-1-9(2-4-11)10-5-7-18-8-6-10/h1-4,10H,5-8H2,(H,14,15)(H,16,17). The molecule has 1 heterocycles. The number of aliphatic carboxylic acids is 1. The number of rotatable bonds is 2. The molecule has 0 saturated carbocycles. The zero-order valence-electron chi connectivity index (χ0n) is 9.89. The normalized spacial score (nSPS) is 16.2. The molecule has 1 aliphatic heterocycles. The summed E-state index contributed by atoms with van der Waals surface area (Å²) in [5.41, 5.74) is 1.70.